The number of nitrogens with zero attached hydrogens (tertiary/aromatic N) is 1. The number of alkyl halides is 2. The molecule has 0 aliphatic carbocycles. The number of halogens is 2. The predicted octanol–water partition coefficient (Wildman–Crippen LogP) is 1.59. The molecule has 4 heteroatoms. The van der Waals surface area contributed by atoms with Crippen LogP contribution in [0.3, 0.4) is 0 Å². The molecule has 0 unspecified atom stereocenters. The maximum atomic E-state index is 11.8. The lowest BCUT2D eigenvalue weighted by Gasteiger charge is -1.89. The van der Waals surface area contributed by atoms with Gasteiger partial charge >= 0.3 is 0 Å². The first-order valence-corrected chi connectivity index (χ1v) is 2.44. The molecule has 0 atom stereocenters. The van der Waals surface area contributed by atoms with Gasteiger partial charge in [-0.2, -0.15) is 0 Å². The number of oxazole rings is 1. The second kappa shape index (κ2) is 2.48. The van der Waals surface area contributed by atoms with Crippen LogP contribution in [0, 0.1) is 12.3 Å². The molecule has 1 heterocycles. The van der Waals surface area contributed by atoms with E-state index in [0.717, 1.165) is 6.39 Å². The van der Waals surface area contributed by atoms with E-state index < -0.39 is 12.2 Å². The van der Waals surface area contributed by atoms with E-state index in [0.29, 0.717) is 0 Å². The van der Waals surface area contributed by atoms with Crippen molar-refractivity contribution in [1.82, 2.24) is 4.98 Å². The van der Waals surface area contributed by atoms with Crippen molar-refractivity contribution in [1.29, 1.82) is 0 Å². The average Bonchev–Trinajstić information content (AvgIpc) is 2.33. The first kappa shape index (κ1) is 6.75. The zero-order chi connectivity index (χ0) is 7.56. The summed E-state index contributed by atoms with van der Waals surface area (Å²) in [5, 5.41) is 0. The Kier molecular flexibility index (Phi) is 1.67. The molecule has 0 bridgehead atoms. The van der Waals surface area contributed by atoms with Crippen LogP contribution in [-0.4, -0.2) is 4.98 Å². The van der Waals surface area contributed by atoms with Gasteiger partial charge in [0.05, 0.1) is 0 Å². The second-order valence-electron chi connectivity index (χ2n) is 1.51. The van der Waals surface area contributed by atoms with Crippen LogP contribution in [0.2, 0.25) is 0 Å². The molecule has 0 saturated heterocycles. The molecule has 0 aromatic carbocycles. The SMILES string of the molecule is C#Cc1ncoc1C(F)F. The fourth-order valence-electron chi connectivity index (χ4n) is 0.518. The maximum Gasteiger partial charge on any atom is 0.298 e. The molecule has 1 aromatic heterocycles. The van der Waals surface area contributed by atoms with Crippen LogP contribution in [0.25, 0.3) is 0 Å². The molecule has 1 aromatic rings. The van der Waals surface area contributed by atoms with Crippen LogP contribution < -0.4 is 0 Å². The number of aromatic nitrogens is 1. The highest BCUT2D eigenvalue weighted by atomic mass is 19.3. The van der Waals surface area contributed by atoms with Crippen molar-refractivity contribution in [2.45, 2.75) is 6.43 Å². The Labute approximate surface area is 55.9 Å². The predicted molar refractivity (Wildman–Crippen MR) is 29.4 cm³/mol. The Morgan fingerprint density at radius 2 is 2.40 bits per heavy atom. The van der Waals surface area contributed by atoms with Crippen molar-refractivity contribution in [3.63, 3.8) is 0 Å². The third-order valence-corrected chi connectivity index (χ3v) is 0.930. The number of terminal acetylenes is 1. The third kappa shape index (κ3) is 0.982. The average molecular weight is 143 g/mol. The van der Waals surface area contributed by atoms with Gasteiger partial charge in [0, 0.05) is 0 Å². The molecule has 0 aliphatic rings. The lowest BCUT2D eigenvalue weighted by atomic mass is 10.4. The van der Waals surface area contributed by atoms with Gasteiger partial charge in [-0.3, -0.25) is 0 Å². The quantitative estimate of drug-likeness (QED) is 0.558. The van der Waals surface area contributed by atoms with Gasteiger partial charge in [-0.15, -0.1) is 6.42 Å². The Balaban J connectivity index is 3.05. The Morgan fingerprint density at radius 1 is 1.70 bits per heavy atom. The van der Waals surface area contributed by atoms with Crippen molar-refractivity contribution < 1.29 is 13.2 Å². The topological polar surface area (TPSA) is 26.0 Å². The van der Waals surface area contributed by atoms with Gasteiger partial charge in [-0.25, -0.2) is 13.8 Å². The summed E-state index contributed by atoms with van der Waals surface area (Å²) < 4.78 is 28.0. The van der Waals surface area contributed by atoms with E-state index in [2.05, 4.69) is 9.40 Å². The zero-order valence-corrected chi connectivity index (χ0v) is 4.84. The van der Waals surface area contributed by atoms with Gasteiger partial charge in [-0.1, -0.05) is 0 Å². The molecule has 0 amide bonds. The van der Waals surface area contributed by atoms with Gasteiger partial charge < -0.3 is 4.42 Å². The lowest BCUT2D eigenvalue weighted by molar-refractivity contribution is 0.121. The van der Waals surface area contributed by atoms with Gasteiger partial charge in [0.15, 0.2) is 12.1 Å². The van der Waals surface area contributed by atoms with Gasteiger partial charge in [0.25, 0.3) is 6.43 Å². The monoisotopic (exact) mass is 143 g/mol. The fourth-order valence-corrected chi connectivity index (χ4v) is 0.518. The lowest BCUT2D eigenvalue weighted by Crippen LogP contribution is -1.84. The molecule has 0 saturated carbocycles. The van der Waals surface area contributed by atoms with Crippen LogP contribution in [0.1, 0.15) is 17.9 Å². The molecule has 52 valence electrons. The summed E-state index contributed by atoms with van der Waals surface area (Å²) >= 11 is 0. The van der Waals surface area contributed by atoms with Crippen molar-refractivity contribution in [3.05, 3.63) is 17.8 Å². The minimum atomic E-state index is -2.69. The Bertz CT molecular complexity index is 261. The van der Waals surface area contributed by atoms with Crippen molar-refractivity contribution in [2.24, 2.45) is 0 Å². The van der Waals surface area contributed by atoms with Crippen molar-refractivity contribution >= 4 is 0 Å². The standard InChI is InChI=1S/C6H3F2NO/c1-2-4-5(6(7)8)10-3-9-4/h1,3,6H. The fraction of sp³-hybridized carbons (Fsp3) is 0.167. The highest BCUT2D eigenvalue weighted by Crippen LogP contribution is 2.20. The Morgan fingerprint density at radius 3 is 2.80 bits per heavy atom. The van der Waals surface area contributed by atoms with Crippen LogP contribution in [0.5, 0.6) is 0 Å². The van der Waals surface area contributed by atoms with Crippen molar-refractivity contribution in [2.75, 3.05) is 0 Å². The third-order valence-electron chi connectivity index (χ3n) is 0.930. The highest BCUT2D eigenvalue weighted by Gasteiger charge is 2.16. The van der Waals surface area contributed by atoms with E-state index in [4.69, 9.17) is 6.42 Å². The Hall–Kier alpha value is -1.37. The van der Waals surface area contributed by atoms with E-state index in [1.807, 2.05) is 5.92 Å². The van der Waals surface area contributed by atoms with E-state index in [1.165, 1.54) is 0 Å². The molecule has 0 fully saturated rings. The minimum absolute atomic E-state index is 0.130. The minimum Gasteiger partial charge on any atom is -0.441 e. The number of hydrogen-bond acceptors (Lipinski definition) is 2. The molecule has 2 nitrogen and oxygen atoms in total. The second-order valence-corrected chi connectivity index (χ2v) is 1.51. The van der Waals surface area contributed by atoms with Crippen LogP contribution in [0.15, 0.2) is 10.8 Å². The normalized spacial score (nSPS) is 9.80. The summed E-state index contributed by atoms with van der Waals surface area (Å²) in [7, 11) is 0. The number of hydrogen-bond donors (Lipinski definition) is 0. The smallest absolute Gasteiger partial charge is 0.298 e. The summed E-state index contributed by atoms with van der Waals surface area (Å²) in [6.07, 6.45) is 3.04. The van der Waals surface area contributed by atoms with E-state index in [9.17, 15) is 8.78 Å². The molecular weight excluding hydrogens is 140 g/mol. The first-order chi connectivity index (χ1) is 4.75. The van der Waals surface area contributed by atoms with Crippen molar-refractivity contribution in [3.8, 4) is 12.3 Å². The largest absolute Gasteiger partial charge is 0.441 e. The van der Waals surface area contributed by atoms with Crippen LogP contribution in [-0.2, 0) is 0 Å². The van der Waals surface area contributed by atoms with Gasteiger partial charge in [-0.05, 0) is 5.92 Å². The van der Waals surface area contributed by atoms with Crippen LogP contribution in [0.4, 0.5) is 8.78 Å². The summed E-state index contributed by atoms with van der Waals surface area (Å²) in [6, 6.07) is 0. The molecule has 1 rings (SSSR count). The summed E-state index contributed by atoms with van der Waals surface area (Å²) in [5.41, 5.74) is -0.130. The van der Waals surface area contributed by atoms with E-state index in [-0.39, 0.29) is 5.69 Å². The molecular formula is C6H3F2NO. The van der Waals surface area contributed by atoms with E-state index in [1.54, 1.807) is 0 Å². The maximum absolute atomic E-state index is 11.8. The summed E-state index contributed by atoms with van der Waals surface area (Å²) in [6.45, 7) is 0. The summed E-state index contributed by atoms with van der Waals surface area (Å²) in [4.78, 5) is 3.37. The first-order valence-electron chi connectivity index (χ1n) is 2.44. The molecule has 0 radical (unpaired) electrons. The van der Waals surface area contributed by atoms with E-state index >= 15 is 0 Å². The van der Waals surface area contributed by atoms with Crippen LogP contribution >= 0.6 is 0 Å². The molecule has 0 N–H and O–H groups in total. The van der Waals surface area contributed by atoms with Gasteiger partial charge in [0.1, 0.15) is 0 Å². The molecule has 0 spiro atoms. The zero-order valence-electron chi connectivity index (χ0n) is 4.84. The van der Waals surface area contributed by atoms with Gasteiger partial charge in [0.2, 0.25) is 5.76 Å². The molecule has 0 aliphatic heterocycles. The summed E-state index contributed by atoms with van der Waals surface area (Å²) in [5.74, 6) is 1.43. The molecule has 10 heavy (non-hydrogen) atoms. The number of rotatable bonds is 1. The highest BCUT2D eigenvalue weighted by molar-refractivity contribution is 5.27.